The first-order valence-corrected chi connectivity index (χ1v) is 13.7. The number of hydrogen-bond donors (Lipinski definition) is 3. The molecule has 1 aliphatic rings. The summed E-state index contributed by atoms with van der Waals surface area (Å²) in [7, 11) is 2.17. The van der Waals surface area contributed by atoms with E-state index in [0.717, 1.165) is 102 Å². The van der Waals surface area contributed by atoms with Gasteiger partial charge in [0.15, 0.2) is 0 Å². The minimum atomic E-state index is 0.781. The molecule has 5 rings (SSSR count). The Balaban J connectivity index is 1.47. The van der Waals surface area contributed by atoms with Crippen LogP contribution in [0.25, 0.3) is 39.0 Å². The third-order valence-electron chi connectivity index (χ3n) is 7.31. The summed E-state index contributed by atoms with van der Waals surface area (Å²) in [5.74, 6) is 0. The number of unbranched alkanes of at least 4 members (excludes halogenated alkanes) is 1. The van der Waals surface area contributed by atoms with Crippen molar-refractivity contribution in [1.29, 1.82) is 0 Å². The summed E-state index contributed by atoms with van der Waals surface area (Å²) in [5.41, 5.74) is 9.18. The lowest BCUT2D eigenvalue weighted by molar-refractivity contribution is 0.313. The van der Waals surface area contributed by atoms with Crippen molar-refractivity contribution in [2.75, 3.05) is 38.1 Å². The largest absolute Gasteiger partial charge is 0.368 e. The normalized spacial score (nSPS) is 15.3. The maximum absolute atomic E-state index is 5.04. The Morgan fingerprint density at radius 3 is 2.74 bits per heavy atom. The number of likely N-dealkylation sites (N-methyl/N-ethyl adjacent to an activating group) is 1. The van der Waals surface area contributed by atoms with Gasteiger partial charge in [-0.15, -0.1) is 0 Å². The molecule has 1 aliphatic heterocycles. The van der Waals surface area contributed by atoms with Gasteiger partial charge in [-0.05, 0) is 68.8 Å². The van der Waals surface area contributed by atoms with Crippen molar-refractivity contribution in [2.45, 2.75) is 33.1 Å². The highest BCUT2D eigenvalue weighted by Crippen LogP contribution is 2.33. The predicted octanol–water partition coefficient (Wildman–Crippen LogP) is 6.02. The van der Waals surface area contributed by atoms with Crippen LogP contribution in [-0.2, 0) is 0 Å². The van der Waals surface area contributed by atoms with Crippen LogP contribution in [-0.4, -0.2) is 63.3 Å². The first kappa shape index (κ1) is 26.4. The van der Waals surface area contributed by atoms with Crippen LogP contribution in [0.2, 0.25) is 0 Å². The smallest absolute Gasteiger partial charge is 0.139 e. The van der Waals surface area contributed by atoms with E-state index in [9.17, 15) is 0 Å². The molecule has 1 saturated heterocycles. The average molecular weight is 523 g/mol. The molecule has 8 heteroatoms. The number of hydrogen-bond acceptors (Lipinski definition) is 6. The molecule has 0 saturated carbocycles. The molecule has 0 bridgehead atoms. The minimum absolute atomic E-state index is 0.781. The summed E-state index contributed by atoms with van der Waals surface area (Å²) in [4.78, 5) is 17.9. The summed E-state index contributed by atoms with van der Waals surface area (Å²) in [6, 6.07) is 8.30. The fourth-order valence-corrected chi connectivity index (χ4v) is 4.99. The Morgan fingerprint density at radius 2 is 2.00 bits per heavy atom. The molecule has 0 aromatic carbocycles. The third kappa shape index (κ3) is 5.66. The average Bonchev–Trinajstić information content (AvgIpc) is 3.58. The predicted molar refractivity (Wildman–Crippen MR) is 162 cm³/mol. The highest BCUT2D eigenvalue weighted by molar-refractivity contribution is 5.97. The standard InChI is InChI=1S/C31H38N8/c1-6-9-10-21(4)33-23(8-3)19-22(7-2)25-11-12-26-29(34-25)30(37-36-26)27-20-24-28(13-14-32-31(24)35-27)39-17-15-38(5)16-18-39/h7-8,11-14,19-20,33H,3-4,6,9-10,15-18H2,1-2,5H3,(H,32,35)(H,36,37)/b22-7+,23-19+. The lowest BCUT2D eigenvalue weighted by Crippen LogP contribution is -2.44. The van der Waals surface area contributed by atoms with E-state index in [1.807, 2.05) is 31.3 Å². The first-order chi connectivity index (χ1) is 19.0. The third-order valence-corrected chi connectivity index (χ3v) is 7.31. The van der Waals surface area contributed by atoms with Crippen LogP contribution in [0.1, 0.15) is 38.8 Å². The summed E-state index contributed by atoms with van der Waals surface area (Å²) in [5, 5.41) is 12.3. The molecule has 39 heavy (non-hydrogen) atoms. The van der Waals surface area contributed by atoms with Crippen molar-refractivity contribution >= 4 is 33.3 Å². The molecule has 0 amide bonds. The summed E-state index contributed by atoms with van der Waals surface area (Å²) >= 11 is 0. The van der Waals surface area contributed by atoms with Gasteiger partial charge in [-0.3, -0.25) is 5.10 Å². The molecule has 0 spiro atoms. The van der Waals surface area contributed by atoms with E-state index in [2.05, 4.69) is 86.7 Å². The molecule has 0 radical (unpaired) electrons. The number of piperazine rings is 1. The van der Waals surface area contributed by atoms with Crippen LogP contribution in [0.4, 0.5) is 5.69 Å². The number of aromatic amines is 2. The molecule has 1 fully saturated rings. The van der Waals surface area contributed by atoms with Gasteiger partial charge < -0.3 is 20.1 Å². The zero-order chi connectivity index (χ0) is 27.4. The van der Waals surface area contributed by atoms with E-state index in [4.69, 9.17) is 4.98 Å². The van der Waals surface area contributed by atoms with Crippen LogP contribution >= 0.6 is 0 Å². The van der Waals surface area contributed by atoms with Gasteiger partial charge in [0.1, 0.15) is 16.9 Å². The molecule has 4 aromatic rings. The number of nitrogens with one attached hydrogen (secondary N) is 3. The second kappa shape index (κ2) is 11.7. The van der Waals surface area contributed by atoms with Crippen LogP contribution in [0.3, 0.4) is 0 Å². The Kier molecular flexibility index (Phi) is 7.93. The molecule has 4 aromatic heterocycles. The lowest BCUT2D eigenvalue weighted by Gasteiger charge is -2.34. The van der Waals surface area contributed by atoms with Gasteiger partial charge in [0.25, 0.3) is 0 Å². The SMILES string of the molecule is C=C/C(=C\C(=C/C)c1ccc2[nH]nc(-c3cc4c(N5CCN(C)CC5)ccnc4[nH]3)c2n1)NC(=C)CCCC. The first-order valence-electron chi connectivity index (χ1n) is 13.7. The van der Waals surface area contributed by atoms with E-state index < -0.39 is 0 Å². The summed E-state index contributed by atoms with van der Waals surface area (Å²) in [6.07, 6.45) is 11.0. The molecule has 0 aliphatic carbocycles. The highest BCUT2D eigenvalue weighted by atomic mass is 15.2. The Hall–Kier alpha value is -4.17. The molecular formula is C31H38N8. The lowest BCUT2D eigenvalue weighted by atomic mass is 10.1. The molecule has 202 valence electrons. The van der Waals surface area contributed by atoms with Crippen molar-refractivity contribution in [3.05, 3.63) is 78.9 Å². The monoisotopic (exact) mass is 522 g/mol. The number of rotatable bonds is 10. The van der Waals surface area contributed by atoms with E-state index in [1.54, 1.807) is 0 Å². The number of H-pyrrole nitrogens is 2. The quantitative estimate of drug-likeness (QED) is 0.221. The van der Waals surface area contributed by atoms with Crippen molar-refractivity contribution in [3.63, 3.8) is 0 Å². The maximum Gasteiger partial charge on any atom is 0.139 e. The second-order valence-corrected chi connectivity index (χ2v) is 10.1. The molecule has 0 atom stereocenters. The maximum atomic E-state index is 5.04. The summed E-state index contributed by atoms with van der Waals surface area (Å²) in [6.45, 7) is 16.4. The highest BCUT2D eigenvalue weighted by Gasteiger charge is 2.20. The zero-order valence-corrected chi connectivity index (χ0v) is 23.2. The number of pyridine rings is 2. The van der Waals surface area contributed by atoms with E-state index in [0.29, 0.717) is 0 Å². The fourth-order valence-electron chi connectivity index (χ4n) is 4.99. The van der Waals surface area contributed by atoms with Gasteiger partial charge >= 0.3 is 0 Å². The van der Waals surface area contributed by atoms with Gasteiger partial charge in [0.2, 0.25) is 0 Å². The van der Waals surface area contributed by atoms with Crippen LogP contribution < -0.4 is 10.2 Å². The Morgan fingerprint density at radius 1 is 1.18 bits per heavy atom. The number of fused-ring (bicyclic) bond motifs is 2. The van der Waals surface area contributed by atoms with Gasteiger partial charge in [0.05, 0.1) is 16.9 Å². The van der Waals surface area contributed by atoms with Crippen LogP contribution in [0.15, 0.2) is 73.2 Å². The number of nitrogens with zero attached hydrogens (tertiary/aromatic N) is 5. The Bertz CT molecular complexity index is 1550. The summed E-state index contributed by atoms with van der Waals surface area (Å²) < 4.78 is 0. The number of anilines is 1. The van der Waals surface area contributed by atoms with Crippen molar-refractivity contribution in [1.82, 2.24) is 35.4 Å². The van der Waals surface area contributed by atoms with Crippen molar-refractivity contribution in [3.8, 4) is 11.4 Å². The molecule has 3 N–H and O–H groups in total. The van der Waals surface area contributed by atoms with Crippen molar-refractivity contribution in [2.24, 2.45) is 0 Å². The van der Waals surface area contributed by atoms with Gasteiger partial charge in [-0.1, -0.05) is 32.6 Å². The zero-order valence-electron chi connectivity index (χ0n) is 23.2. The molecule has 5 heterocycles. The van der Waals surface area contributed by atoms with E-state index in [-0.39, 0.29) is 0 Å². The van der Waals surface area contributed by atoms with E-state index >= 15 is 0 Å². The number of aromatic nitrogens is 5. The molecule has 8 nitrogen and oxygen atoms in total. The van der Waals surface area contributed by atoms with Gasteiger partial charge in [0, 0.05) is 54.8 Å². The van der Waals surface area contributed by atoms with Gasteiger partial charge in [-0.2, -0.15) is 5.10 Å². The molecule has 0 unspecified atom stereocenters. The Labute approximate surface area is 230 Å². The van der Waals surface area contributed by atoms with Crippen LogP contribution in [0, 0.1) is 0 Å². The minimum Gasteiger partial charge on any atom is -0.368 e. The van der Waals surface area contributed by atoms with Crippen molar-refractivity contribution < 1.29 is 0 Å². The topological polar surface area (TPSA) is 88.8 Å². The molecular weight excluding hydrogens is 484 g/mol. The fraction of sp³-hybridized carbons (Fsp3) is 0.323. The number of allylic oxidation sites excluding steroid dienone is 5. The van der Waals surface area contributed by atoms with Crippen LogP contribution in [0.5, 0.6) is 0 Å². The second-order valence-electron chi connectivity index (χ2n) is 10.1. The van der Waals surface area contributed by atoms with E-state index in [1.165, 1.54) is 5.69 Å². The van der Waals surface area contributed by atoms with Gasteiger partial charge in [-0.25, -0.2) is 9.97 Å².